The van der Waals surface area contributed by atoms with Crippen molar-refractivity contribution in [2.45, 2.75) is 0 Å². The minimum atomic E-state index is -0.662. The number of hydrogen-bond donors (Lipinski definition) is 2. The van der Waals surface area contributed by atoms with E-state index in [4.69, 9.17) is 0 Å². The lowest BCUT2D eigenvalue weighted by Crippen LogP contribution is -2.24. The van der Waals surface area contributed by atoms with E-state index < -0.39 is 11.4 Å². The summed E-state index contributed by atoms with van der Waals surface area (Å²) in [5.41, 5.74) is -1.32. The van der Waals surface area contributed by atoms with Gasteiger partial charge in [-0.1, -0.05) is 10.2 Å². The summed E-state index contributed by atoms with van der Waals surface area (Å²) in [6.07, 6.45) is 0. The van der Waals surface area contributed by atoms with Crippen molar-refractivity contribution in [2.75, 3.05) is 0 Å². The summed E-state index contributed by atoms with van der Waals surface area (Å²) in [5.74, 6) is 0. The average Bonchev–Trinajstić information content (AvgIpc) is 1.77. The molecule has 1 rings (SSSR count). The summed E-state index contributed by atoms with van der Waals surface area (Å²) >= 11 is 0. The molecule has 42 valence electrons. The Morgan fingerprint density at radius 1 is 1.00 bits per heavy atom. The number of aromatic amines is 2. The van der Waals surface area contributed by atoms with Crippen LogP contribution in [0.2, 0.25) is 0 Å². The van der Waals surface area contributed by atoms with Gasteiger partial charge in [-0.15, -0.1) is 0 Å². The minimum Gasteiger partial charge on any atom is -0.244 e. The van der Waals surface area contributed by atoms with Gasteiger partial charge in [-0.25, -0.2) is 19.8 Å². The Morgan fingerprint density at radius 3 is 1.62 bits per heavy atom. The van der Waals surface area contributed by atoms with Crippen molar-refractivity contribution in [1.29, 1.82) is 0 Å². The number of H-pyrrole nitrogens is 2. The highest BCUT2D eigenvalue weighted by atomic mass is 16.2. The molecule has 0 radical (unpaired) electrons. The summed E-state index contributed by atoms with van der Waals surface area (Å²) in [5, 5.41) is 9.61. The van der Waals surface area contributed by atoms with E-state index in [9.17, 15) is 9.59 Å². The molecule has 1 aromatic heterocycles. The molecule has 0 aliphatic heterocycles. The molecule has 0 saturated carbocycles. The second kappa shape index (κ2) is 1.57. The lowest BCUT2D eigenvalue weighted by atomic mass is 11.2. The molecular formula is C2H2N4O2. The number of rotatable bonds is 0. The fourth-order valence-corrected chi connectivity index (χ4v) is 0.248. The Labute approximate surface area is 42.6 Å². The third-order valence-electron chi connectivity index (χ3n) is 0.508. The van der Waals surface area contributed by atoms with Gasteiger partial charge in [0.15, 0.2) is 0 Å². The quantitative estimate of drug-likeness (QED) is 0.402. The molecule has 0 aromatic carbocycles. The molecular weight excluding hydrogens is 112 g/mol. The smallest absolute Gasteiger partial charge is 0.244 e. The van der Waals surface area contributed by atoms with Gasteiger partial charge in [0.05, 0.1) is 0 Å². The molecule has 2 N–H and O–H groups in total. The van der Waals surface area contributed by atoms with Crippen LogP contribution in [-0.4, -0.2) is 20.4 Å². The molecule has 0 unspecified atom stereocenters. The van der Waals surface area contributed by atoms with Gasteiger partial charge in [0.2, 0.25) is 0 Å². The van der Waals surface area contributed by atoms with E-state index in [1.54, 1.807) is 0 Å². The molecule has 0 amide bonds. The monoisotopic (exact) mass is 114 g/mol. The van der Waals surface area contributed by atoms with Crippen LogP contribution in [0.5, 0.6) is 0 Å². The minimum absolute atomic E-state index is 0.662. The first-order valence-corrected chi connectivity index (χ1v) is 1.81. The Balaban J connectivity index is 3.44. The van der Waals surface area contributed by atoms with Crippen LogP contribution < -0.4 is 11.4 Å². The van der Waals surface area contributed by atoms with Gasteiger partial charge >= 0.3 is 11.4 Å². The van der Waals surface area contributed by atoms with Gasteiger partial charge in [0, 0.05) is 0 Å². The van der Waals surface area contributed by atoms with Crippen molar-refractivity contribution < 1.29 is 0 Å². The van der Waals surface area contributed by atoms with Crippen LogP contribution in [0.25, 0.3) is 0 Å². The van der Waals surface area contributed by atoms with E-state index in [1.165, 1.54) is 0 Å². The highest BCUT2D eigenvalue weighted by molar-refractivity contribution is 4.45. The lowest BCUT2D eigenvalue weighted by molar-refractivity contribution is 0.768. The molecule has 0 saturated heterocycles. The van der Waals surface area contributed by atoms with Crippen LogP contribution in [0.4, 0.5) is 0 Å². The van der Waals surface area contributed by atoms with Crippen molar-refractivity contribution in [3.63, 3.8) is 0 Å². The molecule has 6 heteroatoms. The predicted molar refractivity (Wildman–Crippen MR) is 23.3 cm³/mol. The molecule has 1 aromatic rings. The second-order valence-electron chi connectivity index (χ2n) is 1.06. The fraction of sp³-hybridized carbons (Fsp3) is 0. The Bertz CT molecular complexity index is 219. The summed E-state index contributed by atoms with van der Waals surface area (Å²) in [6, 6.07) is 0. The van der Waals surface area contributed by atoms with E-state index >= 15 is 0 Å². The van der Waals surface area contributed by atoms with E-state index in [1.807, 2.05) is 10.2 Å². The second-order valence-corrected chi connectivity index (χ2v) is 1.06. The summed E-state index contributed by atoms with van der Waals surface area (Å²) < 4.78 is 0. The van der Waals surface area contributed by atoms with E-state index in [0.717, 1.165) is 0 Å². The van der Waals surface area contributed by atoms with Crippen molar-refractivity contribution >= 4 is 0 Å². The molecule has 0 aliphatic rings. The number of nitrogens with zero attached hydrogens (tertiary/aromatic N) is 2. The SMILES string of the molecule is O=c1nnc(=O)[nH][nH]1. The van der Waals surface area contributed by atoms with E-state index in [0.29, 0.717) is 0 Å². The maximum Gasteiger partial charge on any atom is 0.378 e. The molecule has 0 aliphatic carbocycles. The van der Waals surface area contributed by atoms with Crippen LogP contribution in [0.3, 0.4) is 0 Å². The first-order chi connectivity index (χ1) is 3.79. The van der Waals surface area contributed by atoms with Crippen LogP contribution in [0.1, 0.15) is 0 Å². The number of nitrogens with one attached hydrogen (secondary N) is 2. The normalized spacial score (nSPS) is 9.00. The summed E-state index contributed by atoms with van der Waals surface area (Å²) in [7, 11) is 0. The highest BCUT2D eigenvalue weighted by Crippen LogP contribution is 1.30. The highest BCUT2D eigenvalue weighted by Gasteiger charge is 1.80. The zero-order chi connectivity index (χ0) is 5.98. The van der Waals surface area contributed by atoms with E-state index in [-0.39, 0.29) is 0 Å². The number of aromatic nitrogens is 4. The molecule has 6 nitrogen and oxygen atoms in total. The zero-order valence-electron chi connectivity index (χ0n) is 3.71. The van der Waals surface area contributed by atoms with Crippen LogP contribution in [0.15, 0.2) is 9.59 Å². The average molecular weight is 114 g/mol. The third-order valence-corrected chi connectivity index (χ3v) is 0.508. The van der Waals surface area contributed by atoms with Gasteiger partial charge in [-0.3, -0.25) is 0 Å². The first kappa shape index (κ1) is 4.69. The molecule has 0 fully saturated rings. The molecule has 0 spiro atoms. The molecule has 8 heavy (non-hydrogen) atoms. The van der Waals surface area contributed by atoms with Crippen molar-refractivity contribution in [3.05, 3.63) is 21.0 Å². The Kier molecular flexibility index (Phi) is 0.918. The largest absolute Gasteiger partial charge is 0.378 e. The topological polar surface area (TPSA) is 91.5 Å². The van der Waals surface area contributed by atoms with Crippen molar-refractivity contribution in [3.8, 4) is 0 Å². The first-order valence-electron chi connectivity index (χ1n) is 1.81. The third kappa shape index (κ3) is 0.780. The van der Waals surface area contributed by atoms with Gasteiger partial charge in [0.25, 0.3) is 0 Å². The van der Waals surface area contributed by atoms with Crippen molar-refractivity contribution in [2.24, 2.45) is 0 Å². The maximum atomic E-state index is 10.0. The standard InChI is InChI=1S/C2H2N4O2/c7-1-3-5-2(8)6-4-1/h(H,3,4,7)(H,5,6,8). The molecule has 1 heterocycles. The lowest BCUT2D eigenvalue weighted by Gasteiger charge is -1.74. The summed E-state index contributed by atoms with van der Waals surface area (Å²) in [6.45, 7) is 0. The Hall–Kier alpha value is -1.46. The zero-order valence-corrected chi connectivity index (χ0v) is 3.71. The summed E-state index contributed by atoms with van der Waals surface area (Å²) in [4.78, 5) is 20.0. The fourth-order valence-electron chi connectivity index (χ4n) is 0.248. The van der Waals surface area contributed by atoms with Gasteiger partial charge in [-0.2, -0.15) is 0 Å². The van der Waals surface area contributed by atoms with Gasteiger partial charge in [0.1, 0.15) is 0 Å². The van der Waals surface area contributed by atoms with Gasteiger partial charge < -0.3 is 0 Å². The van der Waals surface area contributed by atoms with Gasteiger partial charge in [-0.05, 0) is 0 Å². The van der Waals surface area contributed by atoms with Crippen LogP contribution in [-0.2, 0) is 0 Å². The number of hydrogen-bond acceptors (Lipinski definition) is 4. The van der Waals surface area contributed by atoms with Crippen molar-refractivity contribution in [1.82, 2.24) is 20.4 Å². The predicted octanol–water partition coefficient (Wildman–Crippen LogP) is -2.15. The van der Waals surface area contributed by atoms with Crippen LogP contribution >= 0.6 is 0 Å². The van der Waals surface area contributed by atoms with E-state index in [2.05, 4.69) is 10.2 Å². The maximum absolute atomic E-state index is 10.0. The molecule has 0 atom stereocenters. The molecule has 0 bridgehead atoms. The Morgan fingerprint density at radius 2 is 1.38 bits per heavy atom. The van der Waals surface area contributed by atoms with Crippen LogP contribution in [0, 0.1) is 0 Å².